The molecule has 0 radical (unpaired) electrons. The molecule has 4 nitrogen and oxygen atoms in total. The third kappa shape index (κ3) is 2.34. The molecule has 118 valence electrons. The highest BCUT2D eigenvalue weighted by Gasteiger charge is 2.42. The minimum atomic E-state index is -0.388. The maximum atomic E-state index is 10.8. The summed E-state index contributed by atoms with van der Waals surface area (Å²) in [4.78, 5) is 7.26. The largest absolute Gasteiger partial charge is 0.390 e. The van der Waals surface area contributed by atoms with Crippen LogP contribution in [0.3, 0.4) is 0 Å². The van der Waals surface area contributed by atoms with Crippen molar-refractivity contribution >= 4 is 11.0 Å². The van der Waals surface area contributed by atoms with Crippen LogP contribution < -0.4 is 0 Å². The van der Waals surface area contributed by atoms with Gasteiger partial charge in [0.05, 0.1) is 23.2 Å². The molecule has 2 heterocycles. The van der Waals surface area contributed by atoms with Crippen LogP contribution >= 0.6 is 0 Å². The van der Waals surface area contributed by atoms with Gasteiger partial charge in [-0.15, -0.1) is 0 Å². The topological polar surface area (TPSA) is 41.3 Å². The molecule has 22 heavy (non-hydrogen) atoms. The fraction of sp³-hybridized carbons (Fsp3) is 0.611. The Labute approximate surface area is 131 Å². The molecule has 2 unspecified atom stereocenters. The molecule has 1 N–H and O–H groups in total. The number of rotatable bonds is 2. The number of fused-ring (bicyclic) bond motifs is 2. The predicted octanol–water partition coefficient (Wildman–Crippen LogP) is 2.70. The number of hydrogen-bond acceptors (Lipinski definition) is 3. The highest BCUT2D eigenvalue weighted by atomic mass is 16.3. The molecule has 2 aliphatic rings. The van der Waals surface area contributed by atoms with Gasteiger partial charge in [-0.3, -0.25) is 4.90 Å². The van der Waals surface area contributed by atoms with Crippen molar-refractivity contribution in [2.24, 2.45) is 13.0 Å². The third-order valence-electron chi connectivity index (χ3n) is 5.76. The number of aryl methyl sites for hydroxylation is 1. The van der Waals surface area contributed by atoms with E-state index in [4.69, 9.17) is 4.98 Å². The molecule has 0 bridgehead atoms. The first-order valence-corrected chi connectivity index (χ1v) is 8.51. The second kappa shape index (κ2) is 5.36. The molecule has 1 saturated heterocycles. The molecular weight excluding hydrogens is 274 g/mol. The summed E-state index contributed by atoms with van der Waals surface area (Å²) in [5, 5.41) is 10.8. The average molecular weight is 299 g/mol. The van der Waals surface area contributed by atoms with Gasteiger partial charge in [-0.05, 0) is 31.4 Å². The number of aliphatic hydroxyl groups is 1. The highest BCUT2D eigenvalue weighted by molar-refractivity contribution is 5.75. The van der Waals surface area contributed by atoms with Crippen molar-refractivity contribution in [1.29, 1.82) is 0 Å². The summed E-state index contributed by atoms with van der Waals surface area (Å²) in [6.45, 7) is 2.88. The average Bonchev–Trinajstić information content (AvgIpc) is 2.84. The van der Waals surface area contributed by atoms with E-state index in [9.17, 15) is 5.11 Å². The number of para-hydroxylation sites is 2. The first-order valence-electron chi connectivity index (χ1n) is 8.51. The van der Waals surface area contributed by atoms with E-state index in [1.807, 2.05) is 6.07 Å². The van der Waals surface area contributed by atoms with Gasteiger partial charge in [-0.1, -0.05) is 25.0 Å². The van der Waals surface area contributed by atoms with Crippen LogP contribution in [0.1, 0.15) is 37.9 Å². The summed E-state index contributed by atoms with van der Waals surface area (Å²) in [7, 11) is 2.10. The Hall–Kier alpha value is -1.39. The van der Waals surface area contributed by atoms with E-state index in [0.29, 0.717) is 5.92 Å². The van der Waals surface area contributed by atoms with Crippen LogP contribution in [-0.4, -0.2) is 38.2 Å². The van der Waals surface area contributed by atoms with Crippen molar-refractivity contribution in [3.8, 4) is 0 Å². The summed E-state index contributed by atoms with van der Waals surface area (Å²) in [5.41, 5.74) is 1.89. The number of piperidine rings is 1. The van der Waals surface area contributed by atoms with Crippen LogP contribution in [0, 0.1) is 5.92 Å². The van der Waals surface area contributed by atoms with E-state index in [-0.39, 0.29) is 5.60 Å². The fourth-order valence-electron chi connectivity index (χ4n) is 4.32. The lowest BCUT2D eigenvalue weighted by atomic mass is 9.71. The zero-order valence-electron chi connectivity index (χ0n) is 13.3. The molecule has 4 heteroatoms. The molecule has 1 aliphatic carbocycles. The Kier molecular flexibility index (Phi) is 3.46. The maximum absolute atomic E-state index is 10.8. The van der Waals surface area contributed by atoms with Gasteiger partial charge in [0.1, 0.15) is 5.82 Å². The van der Waals surface area contributed by atoms with Gasteiger partial charge >= 0.3 is 0 Å². The van der Waals surface area contributed by atoms with Crippen LogP contribution in [-0.2, 0) is 13.6 Å². The monoisotopic (exact) mass is 299 g/mol. The predicted molar refractivity (Wildman–Crippen MR) is 87.5 cm³/mol. The molecule has 0 amide bonds. The van der Waals surface area contributed by atoms with E-state index in [0.717, 1.165) is 43.8 Å². The van der Waals surface area contributed by atoms with E-state index < -0.39 is 0 Å². The second-order valence-electron chi connectivity index (χ2n) is 7.11. The van der Waals surface area contributed by atoms with Gasteiger partial charge in [-0.2, -0.15) is 0 Å². The molecular formula is C18H25N3O. The van der Waals surface area contributed by atoms with Crippen molar-refractivity contribution < 1.29 is 5.11 Å². The molecule has 2 aromatic rings. The molecule has 1 saturated carbocycles. The Bertz CT molecular complexity index is 680. The van der Waals surface area contributed by atoms with Crippen molar-refractivity contribution in [1.82, 2.24) is 14.5 Å². The number of hydrogen-bond donors (Lipinski definition) is 1. The quantitative estimate of drug-likeness (QED) is 0.927. The minimum absolute atomic E-state index is 0.388. The Balaban J connectivity index is 1.52. The van der Waals surface area contributed by atoms with Crippen LogP contribution in [0.2, 0.25) is 0 Å². The SMILES string of the molecule is Cn1c(CN2CCC3(O)CCCCC3C2)nc2ccccc21. The van der Waals surface area contributed by atoms with Crippen molar-refractivity contribution in [2.45, 2.75) is 44.2 Å². The summed E-state index contributed by atoms with van der Waals surface area (Å²) in [6, 6.07) is 8.32. The number of nitrogens with zero attached hydrogens (tertiary/aromatic N) is 3. The summed E-state index contributed by atoms with van der Waals surface area (Å²) in [6.07, 6.45) is 5.56. The zero-order chi connectivity index (χ0) is 15.2. The van der Waals surface area contributed by atoms with Crippen LogP contribution in [0.15, 0.2) is 24.3 Å². The van der Waals surface area contributed by atoms with Gasteiger partial charge < -0.3 is 9.67 Å². The number of aromatic nitrogens is 2. The van der Waals surface area contributed by atoms with Crippen molar-refractivity contribution in [3.63, 3.8) is 0 Å². The summed E-state index contributed by atoms with van der Waals surface area (Å²) in [5.74, 6) is 1.58. The molecule has 4 rings (SSSR count). The summed E-state index contributed by atoms with van der Waals surface area (Å²) < 4.78 is 2.21. The van der Waals surface area contributed by atoms with Gasteiger partial charge in [-0.25, -0.2) is 4.98 Å². The molecule has 2 fully saturated rings. The zero-order valence-corrected chi connectivity index (χ0v) is 13.3. The highest BCUT2D eigenvalue weighted by Crippen LogP contribution is 2.40. The third-order valence-corrected chi connectivity index (χ3v) is 5.76. The maximum Gasteiger partial charge on any atom is 0.123 e. The van der Waals surface area contributed by atoms with Crippen LogP contribution in [0.25, 0.3) is 11.0 Å². The lowest BCUT2D eigenvalue weighted by molar-refractivity contribution is -0.0972. The fourth-order valence-corrected chi connectivity index (χ4v) is 4.32. The Morgan fingerprint density at radius 3 is 3.00 bits per heavy atom. The first kappa shape index (κ1) is 14.2. The summed E-state index contributed by atoms with van der Waals surface area (Å²) >= 11 is 0. The Morgan fingerprint density at radius 2 is 2.14 bits per heavy atom. The van der Waals surface area contributed by atoms with Gasteiger partial charge in [0.15, 0.2) is 0 Å². The van der Waals surface area contributed by atoms with Crippen molar-refractivity contribution in [3.05, 3.63) is 30.1 Å². The number of benzene rings is 1. The molecule has 1 aliphatic heterocycles. The van der Waals surface area contributed by atoms with Crippen molar-refractivity contribution in [2.75, 3.05) is 13.1 Å². The standard InChI is InChI=1S/C18H25N3O/c1-20-16-8-3-2-7-15(16)19-17(20)13-21-11-10-18(22)9-5-4-6-14(18)12-21/h2-3,7-8,14,22H,4-6,9-13H2,1H3. The molecule has 0 spiro atoms. The van der Waals surface area contributed by atoms with E-state index in [1.165, 1.54) is 24.8 Å². The van der Waals surface area contributed by atoms with Crippen LogP contribution in [0.4, 0.5) is 0 Å². The number of likely N-dealkylation sites (tertiary alicyclic amines) is 1. The van der Waals surface area contributed by atoms with Gasteiger partial charge in [0, 0.05) is 26.1 Å². The van der Waals surface area contributed by atoms with Crippen LogP contribution in [0.5, 0.6) is 0 Å². The smallest absolute Gasteiger partial charge is 0.123 e. The van der Waals surface area contributed by atoms with E-state index >= 15 is 0 Å². The molecule has 1 aromatic heterocycles. The normalized spacial score (nSPS) is 29.6. The lowest BCUT2D eigenvalue weighted by Crippen LogP contribution is -2.53. The minimum Gasteiger partial charge on any atom is -0.390 e. The first-order chi connectivity index (χ1) is 10.7. The molecule has 1 aromatic carbocycles. The Morgan fingerprint density at radius 1 is 1.27 bits per heavy atom. The van der Waals surface area contributed by atoms with E-state index in [2.05, 4.69) is 34.7 Å². The van der Waals surface area contributed by atoms with Gasteiger partial charge in [0.2, 0.25) is 0 Å². The van der Waals surface area contributed by atoms with Gasteiger partial charge in [0.25, 0.3) is 0 Å². The number of imidazole rings is 1. The van der Waals surface area contributed by atoms with E-state index in [1.54, 1.807) is 0 Å². The second-order valence-corrected chi connectivity index (χ2v) is 7.11. The molecule has 2 atom stereocenters. The lowest BCUT2D eigenvalue weighted by Gasteiger charge is -2.47.